The van der Waals surface area contributed by atoms with Gasteiger partial charge in [-0.05, 0) is 61.7 Å². The largest absolute Gasteiger partial charge is 0.331 e. The molecule has 0 heterocycles. The number of hydrogen-bond acceptors (Lipinski definition) is 3. The molecule has 0 aliphatic heterocycles. The lowest BCUT2D eigenvalue weighted by atomic mass is 9.96. The number of anilines is 1. The van der Waals surface area contributed by atoms with Crippen molar-refractivity contribution in [3.05, 3.63) is 36.4 Å². The molecule has 3 nitrogen and oxygen atoms in total. The van der Waals surface area contributed by atoms with Crippen LogP contribution in [0.3, 0.4) is 0 Å². The van der Waals surface area contributed by atoms with Crippen molar-refractivity contribution >= 4 is 41.0 Å². The predicted octanol–water partition coefficient (Wildman–Crippen LogP) is 4.63. The molecule has 0 saturated carbocycles. The molecule has 7 heteroatoms. The lowest BCUT2D eigenvalue weighted by Crippen LogP contribution is -2.24. The average molecular weight is 341 g/mol. The highest BCUT2D eigenvalue weighted by atomic mass is 32.2. The summed E-state index contributed by atoms with van der Waals surface area (Å²) in [7, 11) is 0. The second-order valence-corrected chi connectivity index (χ2v) is 6.26. The number of halogens is 2. The molecule has 22 heavy (non-hydrogen) atoms. The summed E-state index contributed by atoms with van der Waals surface area (Å²) in [5.41, 5.74) is 3.49. The Kier molecular flexibility index (Phi) is 6.79. The second-order valence-electron chi connectivity index (χ2n) is 4.79. The van der Waals surface area contributed by atoms with Gasteiger partial charge in [0.2, 0.25) is 0 Å². The van der Waals surface area contributed by atoms with E-state index in [1.165, 1.54) is 0 Å². The fourth-order valence-corrected chi connectivity index (χ4v) is 2.70. The van der Waals surface area contributed by atoms with Gasteiger partial charge in [-0.25, -0.2) is 0 Å². The van der Waals surface area contributed by atoms with Gasteiger partial charge in [0, 0.05) is 16.8 Å². The van der Waals surface area contributed by atoms with Gasteiger partial charge >= 0.3 is 0 Å². The first-order valence-corrected chi connectivity index (χ1v) is 8.22. The highest BCUT2D eigenvalue weighted by molar-refractivity contribution is 7.99. The molecule has 0 fully saturated rings. The molecule has 118 valence electrons. The van der Waals surface area contributed by atoms with E-state index in [-0.39, 0.29) is 0 Å². The van der Waals surface area contributed by atoms with Crippen LogP contribution in [-0.2, 0) is 0 Å². The molecule has 2 rings (SSSR count). The van der Waals surface area contributed by atoms with Gasteiger partial charge in [-0.3, -0.25) is 5.43 Å². The lowest BCUT2D eigenvalue weighted by Gasteiger charge is -2.12. The van der Waals surface area contributed by atoms with Crippen molar-refractivity contribution in [2.45, 2.75) is 29.9 Å². The Balaban J connectivity index is 1.76. The van der Waals surface area contributed by atoms with Crippen molar-refractivity contribution in [3.63, 3.8) is 0 Å². The van der Waals surface area contributed by atoms with Crippen molar-refractivity contribution in [2.75, 3.05) is 5.32 Å². The summed E-state index contributed by atoms with van der Waals surface area (Å²) in [5, 5.41) is 7.46. The number of rotatable bonds is 5. The Morgan fingerprint density at radius 2 is 2.09 bits per heavy atom. The first-order chi connectivity index (χ1) is 10.6. The van der Waals surface area contributed by atoms with E-state index in [0.717, 1.165) is 24.9 Å². The van der Waals surface area contributed by atoms with Crippen LogP contribution in [0.5, 0.6) is 0 Å². The third-order valence-electron chi connectivity index (χ3n) is 3.10. The molecule has 0 amide bonds. The van der Waals surface area contributed by atoms with E-state index in [1.807, 2.05) is 6.21 Å². The van der Waals surface area contributed by atoms with Crippen molar-refractivity contribution in [1.82, 2.24) is 5.43 Å². The van der Waals surface area contributed by atoms with Crippen molar-refractivity contribution < 1.29 is 8.78 Å². The van der Waals surface area contributed by atoms with Crippen LogP contribution in [0, 0.1) is 5.92 Å². The van der Waals surface area contributed by atoms with Gasteiger partial charge in [-0.15, -0.1) is 0 Å². The zero-order valence-electron chi connectivity index (χ0n) is 11.8. The van der Waals surface area contributed by atoms with E-state index in [2.05, 4.69) is 28.0 Å². The summed E-state index contributed by atoms with van der Waals surface area (Å²) in [6.45, 7) is 0. The topological polar surface area (TPSA) is 36.4 Å². The van der Waals surface area contributed by atoms with E-state index in [1.54, 1.807) is 24.3 Å². The van der Waals surface area contributed by atoms with Crippen LogP contribution in [0.25, 0.3) is 0 Å². The maximum Gasteiger partial charge on any atom is 0.288 e. The molecule has 1 aromatic carbocycles. The van der Waals surface area contributed by atoms with Crippen LogP contribution in [0.4, 0.5) is 14.5 Å². The van der Waals surface area contributed by atoms with Gasteiger partial charge in [-0.2, -0.15) is 13.9 Å². The number of nitrogens with one attached hydrogen (secondary N) is 2. The molecule has 1 aromatic rings. The number of allylic oxidation sites excluding steroid dienone is 2. The van der Waals surface area contributed by atoms with Gasteiger partial charge < -0.3 is 5.32 Å². The summed E-state index contributed by atoms with van der Waals surface area (Å²) in [6.07, 6.45) is 9.41. The first-order valence-electron chi connectivity index (χ1n) is 6.93. The molecule has 1 aliphatic rings. The summed E-state index contributed by atoms with van der Waals surface area (Å²) in [5.74, 6) is -1.96. The van der Waals surface area contributed by atoms with E-state index in [9.17, 15) is 8.78 Å². The number of hydrogen-bond donors (Lipinski definition) is 2. The highest BCUT2D eigenvalue weighted by Gasteiger charge is 2.07. The van der Waals surface area contributed by atoms with Crippen molar-refractivity contribution in [3.8, 4) is 0 Å². The van der Waals surface area contributed by atoms with E-state index in [0.29, 0.717) is 27.7 Å². The number of alkyl halides is 2. The van der Waals surface area contributed by atoms with Gasteiger partial charge in [0.25, 0.3) is 5.76 Å². The van der Waals surface area contributed by atoms with Crippen LogP contribution in [0.2, 0.25) is 0 Å². The Labute approximate surface area is 138 Å². The number of nitrogens with zero attached hydrogens (tertiary/aromatic N) is 1. The van der Waals surface area contributed by atoms with Gasteiger partial charge in [0.15, 0.2) is 5.11 Å². The zero-order chi connectivity index (χ0) is 15.8. The van der Waals surface area contributed by atoms with Crippen LogP contribution < -0.4 is 10.7 Å². The molecule has 1 aliphatic carbocycles. The minimum Gasteiger partial charge on any atom is -0.331 e. The summed E-state index contributed by atoms with van der Waals surface area (Å²) in [6, 6.07) is 6.65. The Morgan fingerprint density at radius 1 is 1.32 bits per heavy atom. The molecule has 2 N–H and O–H groups in total. The minimum absolute atomic E-state index is 0.372. The quantitative estimate of drug-likeness (QED) is 0.269. The second kappa shape index (κ2) is 8.85. The Hall–Kier alpha value is -1.47. The Bertz CT molecular complexity index is 544. The third-order valence-corrected chi connectivity index (χ3v) is 4.01. The van der Waals surface area contributed by atoms with E-state index >= 15 is 0 Å². The molecule has 0 unspecified atom stereocenters. The van der Waals surface area contributed by atoms with E-state index in [4.69, 9.17) is 12.2 Å². The number of thiocarbonyl (C=S) groups is 1. The number of thioether (sulfide) groups is 1. The van der Waals surface area contributed by atoms with Gasteiger partial charge in [0.1, 0.15) is 0 Å². The number of benzene rings is 1. The van der Waals surface area contributed by atoms with Crippen LogP contribution in [0.15, 0.2) is 46.4 Å². The molecule has 0 spiro atoms. The monoisotopic (exact) mass is 341 g/mol. The van der Waals surface area contributed by atoms with Gasteiger partial charge in [0.05, 0.1) is 0 Å². The summed E-state index contributed by atoms with van der Waals surface area (Å²) in [4.78, 5) is 0.516. The highest BCUT2D eigenvalue weighted by Crippen LogP contribution is 2.26. The molecular weight excluding hydrogens is 324 g/mol. The summed E-state index contributed by atoms with van der Waals surface area (Å²) < 4.78 is 24.4. The third kappa shape index (κ3) is 6.11. The van der Waals surface area contributed by atoms with E-state index < -0.39 is 5.76 Å². The number of hydrazone groups is 1. The minimum atomic E-state index is -2.41. The van der Waals surface area contributed by atoms with Crippen LogP contribution >= 0.6 is 24.0 Å². The molecule has 0 radical (unpaired) electrons. The van der Waals surface area contributed by atoms with Crippen molar-refractivity contribution in [1.29, 1.82) is 0 Å². The maximum absolute atomic E-state index is 12.2. The molecule has 0 saturated heterocycles. The van der Waals surface area contributed by atoms with Crippen LogP contribution in [0.1, 0.15) is 19.3 Å². The standard InChI is InChI=1S/C15H17F2N3S2/c16-14(17)22-13-8-6-12(7-9-13)19-15(21)20-18-10-11-4-2-1-3-5-11/h1-2,6-11,14H,3-5H2,(H2,19,20,21)/b18-10-/t11-/m1/s1. The Morgan fingerprint density at radius 3 is 2.73 bits per heavy atom. The van der Waals surface area contributed by atoms with Crippen LogP contribution in [-0.4, -0.2) is 17.1 Å². The average Bonchev–Trinajstić information content (AvgIpc) is 2.50. The summed E-state index contributed by atoms with van der Waals surface area (Å²) >= 11 is 5.65. The lowest BCUT2D eigenvalue weighted by molar-refractivity contribution is 0.252. The fraction of sp³-hybridized carbons (Fsp3) is 0.333. The first kappa shape index (κ1) is 16.9. The fourth-order valence-electron chi connectivity index (χ4n) is 2.03. The smallest absolute Gasteiger partial charge is 0.288 e. The normalized spacial score (nSPS) is 17.9. The zero-order valence-corrected chi connectivity index (χ0v) is 13.5. The van der Waals surface area contributed by atoms with Crippen molar-refractivity contribution in [2.24, 2.45) is 11.0 Å². The molecular formula is C15H17F2N3S2. The molecule has 1 atom stereocenters. The maximum atomic E-state index is 12.2. The SMILES string of the molecule is FC(F)Sc1ccc(NC(=S)N/N=C\[C@@H]2CC=CCC2)cc1. The van der Waals surface area contributed by atoms with Gasteiger partial charge in [-0.1, -0.05) is 23.9 Å². The predicted molar refractivity (Wildman–Crippen MR) is 92.6 cm³/mol. The molecule has 0 aromatic heterocycles. The molecule has 0 bridgehead atoms.